The molecular weight excluding hydrogens is 224 g/mol. The van der Waals surface area contributed by atoms with Gasteiger partial charge in [-0.25, -0.2) is 4.98 Å². The molecule has 18 heavy (non-hydrogen) atoms. The fraction of sp³-hybridized carbons (Fsp3) is 0.533. The van der Waals surface area contributed by atoms with Crippen LogP contribution < -0.4 is 0 Å². The van der Waals surface area contributed by atoms with Gasteiger partial charge in [0.05, 0.1) is 17.1 Å². The summed E-state index contributed by atoms with van der Waals surface area (Å²) in [4.78, 5) is 4.66. The molecule has 3 heteroatoms. The normalized spacial score (nSPS) is 13.1. The van der Waals surface area contributed by atoms with Gasteiger partial charge < -0.3 is 9.67 Å². The number of aliphatic hydroxyl groups is 1. The number of para-hydroxylation sites is 2. The number of fused-ring (bicyclic) bond motifs is 1. The van der Waals surface area contributed by atoms with Gasteiger partial charge >= 0.3 is 0 Å². The molecule has 98 valence electrons. The third kappa shape index (κ3) is 2.72. The van der Waals surface area contributed by atoms with Crippen LogP contribution in [0.5, 0.6) is 0 Å². The van der Waals surface area contributed by atoms with Crippen LogP contribution in [0.4, 0.5) is 0 Å². The van der Waals surface area contributed by atoms with E-state index < -0.39 is 0 Å². The number of aromatic nitrogens is 2. The summed E-state index contributed by atoms with van der Waals surface area (Å²) in [6, 6.07) is 8.20. The molecule has 0 aliphatic carbocycles. The summed E-state index contributed by atoms with van der Waals surface area (Å²) in [7, 11) is 0. The van der Waals surface area contributed by atoms with Crippen molar-refractivity contribution in [3.8, 4) is 0 Å². The fourth-order valence-corrected chi connectivity index (χ4v) is 2.40. The van der Waals surface area contributed by atoms with Gasteiger partial charge in [-0.1, -0.05) is 32.4 Å². The van der Waals surface area contributed by atoms with Gasteiger partial charge in [0.25, 0.3) is 0 Å². The Morgan fingerprint density at radius 2 is 2.00 bits per heavy atom. The predicted octanol–water partition coefficient (Wildman–Crippen LogP) is 3.15. The number of rotatable bonds is 6. The Hall–Kier alpha value is -1.35. The van der Waals surface area contributed by atoms with E-state index in [1.54, 1.807) is 0 Å². The van der Waals surface area contributed by atoms with Gasteiger partial charge in [-0.3, -0.25) is 0 Å². The number of aryl methyl sites for hydroxylation is 1. The summed E-state index contributed by atoms with van der Waals surface area (Å²) in [5, 5.41) is 9.97. The van der Waals surface area contributed by atoms with Gasteiger partial charge in [-0.05, 0) is 25.0 Å². The summed E-state index contributed by atoms with van der Waals surface area (Å²) < 4.78 is 2.24. The number of benzene rings is 1. The largest absolute Gasteiger partial charge is 0.393 e. The molecule has 1 aromatic carbocycles. The molecule has 0 fully saturated rings. The summed E-state index contributed by atoms with van der Waals surface area (Å²) in [6.07, 6.45) is 3.31. The van der Waals surface area contributed by atoms with E-state index in [0.29, 0.717) is 6.42 Å². The minimum atomic E-state index is -0.276. The monoisotopic (exact) mass is 246 g/mol. The second-order valence-corrected chi connectivity index (χ2v) is 4.82. The molecule has 3 nitrogen and oxygen atoms in total. The third-order valence-electron chi connectivity index (χ3n) is 3.22. The molecule has 1 aromatic heterocycles. The molecule has 0 spiro atoms. The van der Waals surface area contributed by atoms with Crippen molar-refractivity contribution >= 4 is 11.0 Å². The van der Waals surface area contributed by atoms with Crippen LogP contribution in [-0.4, -0.2) is 20.8 Å². The fourth-order valence-electron chi connectivity index (χ4n) is 2.40. The Bertz CT molecular complexity index is 504. The van der Waals surface area contributed by atoms with Crippen molar-refractivity contribution in [2.75, 3.05) is 0 Å². The van der Waals surface area contributed by atoms with Gasteiger partial charge in [-0.15, -0.1) is 0 Å². The van der Waals surface area contributed by atoms with Crippen molar-refractivity contribution in [2.45, 2.75) is 52.2 Å². The lowest BCUT2D eigenvalue weighted by Crippen LogP contribution is -2.14. The Balaban J connectivity index is 2.33. The number of nitrogens with zero attached hydrogens (tertiary/aromatic N) is 2. The molecule has 2 rings (SSSR count). The molecule has 0 saturated carbocycles. The molecule has 0 aliphatic heterocycles. The van der Waals surface area contributed by atoms with E-state index in [-0.39, 0.29) is 6.10 Å². The maximum absolute atomic E-state index is 9.97. The zero-order valence-corrected chi connectivity index (χ0v) is 11.3. The first-order valence-corrected chi connectivity index (χ1v) is 6.88. The maximum atomic E-state index is 9.97. The summed E-state index contributed by atoms with van der Waals surface area (Å²) in [5.74, 6) is 1.01. The highest BCUT2D eigenvalue weighted by Gasteiger charge is 2.13. The van der Waals surface area contributed by atoms with Crippen molar-refractivity contribution < 1.29 is 5.11 Å². The zero-order chi connectivity index (χ0) is 13.0. The zero-order valence-electron chi connectivity index (χ0n) is 11.3. The lowest BCUT2D eigenvalue weighted by molar-refractivity contribution is 0.160. The van der Waals surface area contributed by atoms with Crippen LogP contribution in [0.15, 0.2) is 24.3 Å². The molecule has 1 heterocycles. The Kier molecular flexibility index (Phi) is 4.37. The second kappa shape index (κ2) is 6.01. The number of hydrogen-bond acceptors (Lipinski definition) is 2. The van der Waals surface area contributed by atoms with Crippen LogP contribution in [0.1, 0.15) is 38.9 Å². The van der Waals surface area contributed by atoms with Crippen LogP contribution in [-0.2, 0) is 13.0 Å². The molecule has 1 N–H and O–H groups in total. The Morgan fingerprint density at radius 3 is 2.72 bits per heavy atom. The van der Waals surface area contributed by atoms with E-state index in [0.717, 1.165) is 37.1 Å². The first kappa shape index (κ1) is 13.1. The lowest BCUT2D eigenvalue weighted by Gasteiger charge is -2.11. The summed E-state index contributed by atoms with van der Waals surface area (Å²) in [6.45, 7) is 5.23. The lowest BCUT2D eigenvalue weighted by atomic mass is 10.1. The highest BCUT2D eigenvalue weighted by molar-refractivity contribution is 5.75. The van der Waals surface area contributed by atoms with Crippen molar-refractivity contribution in [3.05, 3.63) is 30.1 Å². The van der Waals surface area contributed by atoms with E-state index in [4.69, 9.17) is 0 Å². The molecule has 0 radical (unpaired) electrons. The summed E-state index contributed by atoms with van der Waals surface area (Å²) >= 11 is 0. The van der Waals surface area contributed by atoms with E-state index in [1.165, 1.54) is 5.52 Å². The topological polar surface area (TPSA) is 38.1 Å². The number of aliphatic hydroxyl groups excluding tert-OH is 1. The minimum Gasteiger partial charge on any atom is -0.393 e. The second-order valence-electron chi connectivity index (χ2n) is 4.82. The van der Waals surface area contributed by atoms with E-state index in [2.05, 4.69) is 29.5 Å². The average Bonchev–Trinajstić information content (AvgIpc) is 2.68. The van der Waals surface area contributed by atoms with E-state index >= 15 is 0 Å². The smallest absolute Gasteiger partial charge is 0.112 e. The van der Waals surface area contributed by atoms with Crippen molar-refractivity contribution in [1.29, 1.82) is 0 Å². The SMILES string of the molecule is CCCC(O)Cc1nc2ccccc2n1CCC. The van der Waals surface area contributed by atoms with Crippen LogP contribution in [0, 0.1) is 0 Å². The first-order valence-electron chi connectivity index (χ1n) is 6.88. The molecule has 0 aliphatic rings. The molecular formula is C15H22N2O. The van der Waals surface area contributed by atoms with E-state index in [9.17, 15) is 5.11 Å². The van der Waals surface area contributed by atoms with Gasteiger partial charge in [0.15, 0.2) is 0 Å². The maximum Gasteiger partial charge on any atom is 0.112 e. The quantitative estimate of drug-likeness (QED) is 0.850. The standard InChI is InChI=1S/C15H22N2O/c1-3-7-12(18)11-15-16-13-8-5-6-9-14(13)17(15)10-4-2/h5-6,8-9,12,18H,3-4,7,10-11H2,1-2H3. The van der Waals surface area contributed by atoms with E-state index in [1.807, 2.05) is 18.2 Å². The third-order valence-corrected chi connectivity index (χ3v) is 3.22. The van der Waals surface area contributed by atoms with Crippen LogP contribution in [0.25, 0.3) is 11.0 Å². The highest BCUT2D eigenvalue weighted by Crippen LogP contribution is 2.18. The number of imidazole rings is 1. The van der Waals surface area contributed by atoms with Crippen molar-refractivity contribution in [1.82, 2.24) is 9.55 Å². The van der Waals surface area contributed by atoms with Gasteiger partial charge in [0.2, 0.25) is 0 Å². The van der Waals surface area contributed by atoms with Crippen molar-refractivity contribution in [2.24, 2.45) is 0 Å². The van der Waals surface area contributed by atoms with Gasteiger partial charge in [0, 0.05) is 13.0 Å². The average molecular weight is 246 g/mol. The van der Waals surface area contributed by atoms with Gasteiger partial charge in [-0.2, -0.15) is 0 Å². The highest BCUT2D eigenvalue weighted by atomic mass is 16.3. The summed E-state index contributed by atoms with van der Waals surface area (Å²) in [5.41, 5.74) is 2.21. The molecule has 0 amide bonds. The first-order chi connectivity index (χ1) is 8.76. The molecule has 1 unspecified atom stereocenters. The van der Waals surface area contributed by atoms with Gasteiger partial charge in [0.1, 0.15) is 5.82 Å². The number of hydrogen-bond donors (Lipinski definition) is 1. The van der Waals surface area contributed by atoms with Crippen LogP contribution in [0.2, 0.25) is 0 Å². The Morgan fingerprint density at radius 1 is 1.22 bits per heavy atom. The van der Waals surface area contributed by atoms with Crippen molar-refractivity contribution in [3.63, 3.8) is 0 Å². The Labute approximate surface area is 108 Å². The minimum absolute atomic E-state index is 0.276. The molecule has 2 aromatic rings. The molecule has 0 saturated heterocycles. The van der Waals surface area contributed by atoms with Crippen LogP contribution in [0.3, 0.4) is 0 Å². The van der Waals surface area contributed by atoms with Crippen LogP contribution >= 0.6 is 0 Å². The molecule has 1 atom stereocenters. The molecule has 0 bridgehead atoms. The predicted molar refractivity (Wildman–Crippen MR) is 74.6 cm³/mol.